The number of benzene rings is 1. The highest BCUT2D eigenvalue weighted by Crippen LogP contribution is 2.26. The van der Waals surface area contributed by atoms with Crippen LogP contribution in [0, 0.1) is 5.82 Å². The summed E-state index contributed by atoms with van der Waals surface area (Å²) in [5.74, 6) is -1.33. The number of fused-ring (bicyclic) bond motifs is 1. The van der Waals surface area contributed by atoms with E-state index in [-0.39, 0.29) is 11.1 Å². The van der Waals surface area contributed by atoms with Gasteiger partial charge in [0.15, 0.2) is 0 Å². The number of aromatic nitrogens is 4. The quantitative estimate of drug-likeness (QED) is 0.775. The summed E-state index contributed by atoms with van der Waals surface area (Å²) in [6, 6.07) is 2.21. The Bertz CT molecular complexity index is 850. The highest BCUT2D eigenvalue weighted by molar-refractivity contribution is 6.01. The highest BCUT2D eigenvalue weighted by atomic mass is 19.1. The van der Waals surface area contributed by atoms with Gasteiger partial charge < -0.3 is 10.1 Å². The van der Waals surface area contributed by atoms with Gasteiger partial charge >= 0.3 is 5.97 Å². The fourth-order valence-corrected chi connectivity index (χ4v) is 2.37. The molecule has 2 N–H and O–H groups in total. The van der Waals surface area contributed by atoms with Crippen molar-refractivity contribution < 1.29 is 14.3 Å². The predicted molar refractivity (Wildman–Crippen MR) is 74.6 cm³/mol. The number of H-pyrrole nitrogens is 1. The fourth-order valence-electron chi connectivity index (χ4n) is 2.37. The van der Waals surface area contributed by atoms with Gasteiger partial charge in [-0.2, -0.15) is 5.10 Å². The van der Waals surface area contributed by atoms with Crippen LogP contribution in [0.3, 0.4) is 0 Å². The van der Waals surface area contributed by atoms with Crippen molar-refractivity contribution in [3.63, 3.8) is 0 Å². The number of hydrogen-bond donors (Lipinski definition) is 2. The number of nitrogens with zero attached hydrogens (tertiary/aromatic N) is 3. The molecule has 108 valence electrons. The maximum atomic E-state index is 13.5. The normalized spacial score (nSPS) is 11.2. The molecule has 0 bridgehead atoms. The number of carboxylic acids is 1. The van der Waals surface area contributed by atoms with Crippen molar-refractivity contribution in [1.29, 1.82) is 0 Å². The van der Waals surface area contributed by atoms with E-state index in [4.69, 9.17) is 5.11 Å². The van der Waals surface area contributed by atoms with Crippen LogP contribution in [0.15, 0.2) is 18.3 Å². The number of aromatic amines is 1. The summed E-state index contributed by atoms with van der Waals surface area (Å²) in [4.78, 5) is 18.5. The van der Waals surface area contributed by atoms with Crippen molar-refractivity contribution in [3.05, 3.63) is 35.4 Å². The molecule has 2 heterocycles. The molecule has 0 aliphatic heterocycles. The van der Waals surface area contributed by atoms with Crippen molar-refractivity contribution in [1.82, 2.24) is 19.7 Å². The lowest BCUT2D eigenvalue weighted by Crippen LogP contribution is -1.98. The molecule has 1 aromatic carbocycles. The number of carboxylic acid groups (broad SMARTS) is 1. The van der Waals surface area contributed by atoms with E-state index in [2.05, 4.69) is 15.1 Å². The molecule has 0 radical (unpaired) electrons. The predicted octanol–water partition coefficient (Wildman–Crippen LogP) is 2.36. The lowest BCUT2D eigenvalue weighted by molar-refractivity contribution is 0.0698. The molecule has 0 spiro atoms. The molecule has 0 aliphatic carbocycles. The topological polar surface area (TPSA) is 83.8 Å². The smallest absolute Gasteiger partial charge is 0.338 e. The van der Waals surface area contributed by atoms with Crippen LogP contribution in [0.2, 0.25) is 0 Å². The Labute approximate surface area is 119 Å². The van der Waals surface area contributed by atoms with Gasteiger partial charge in [0.25, 0.3) is 0 Å². The lowest BCUT2D eigenvalue weighted by atomic mass is 10.2. The number of aryl methyl sites for hydroxylation is 2. The zero-order valence-electron chi connectivity index (χ0n) is 11.5. The average Bonchev–Trinajstić information content (AvgIpc) is 3.00. The van der Waals surface area contributed by atoms with Crippen molar-refractivity contribution in [3.8, 4) is 11.4 Å². The minimum absolute atomic E-state index is 0.158. The summed E-state index contributed by atoms with van der Waals surface area (Å²) in [7, 11) is 1.80. The molecular formula is C14H13FN4O2. The second-order valence-corrected chi connectivity index (χ2v) is 4.76. The van der Waals surface area contributed by atoms with Crippen LogP contribution < -0.4 is 0 Å². The van der Waals surface area contributed by atoms with Crippen LogP contribution in [0.1, 0.15) is 23.0 Å². The average molecular weight is 288 g/mol. The Morgan fingerprint density at radius 3 is 2.90 bits per heavy atom. The molecule has 0 atom stereocenters. The largest absolute Gasteiger partial charge is 0.478 e. The summed E-state index contributed by atoms with van der Waals surface area (Å²) in [5, 5.41) is 13.5. The van der Waals surface area contributed by atoms with Gasteiger partial charge in [-0.05, 0) is 18.6 Å². The van der Waals surface area contributed by atoms with E-state index in [0.29, 0.717) is 17.8 Å². The van der Waals surface area contributed by atoms with Gasteiger partial charge in [-0.25, -0.2) is 14.2 Å². The number of aromatic carboxylic acids is 1. The molecule has 7 heteroatoms. The Balaban J connectivity index is 2.26. The number of hydrogen-bond acceptors (Lipinski definition) is 3. The molecule has 0 fully saturated rings. The second kappa shape index (κ2) is 4.69. The minimum Gasteiger partial charge on any atom is -0.478 e. The molecule has 21 heavy (non-hydrogen) atoms. The lowest BCUT2D eigenvalue weighted by Gasteiger charge is -1.95. The molecular weight excluding hydrogens is 275 g/mol. The molecule has 3 aromatic rings. The first-order valence-corrected chi connectivity index (χ1v) is 6.45. The number of imidazole rings is 1. The first-order valence-electron chi connectivity index (χ1n) is 6.45. The van der Waals surface area contributed by atoms with Crippen molar-refractivity contribution in [2.24, 2.45) is 7.05 Å². The summed E-state index contributed by atoms with van der Waals surface area (Å²) < 4.78 is 15.2. The van der Waals surface area contributed by atoms with Crippen molar-refractivity contribution >= 4 is 17.0 Å². The van der Waals surface area contributed by atoms with E-state index in [1.807, 2.05) is 6.92 Å². The van der Waals surface area contributed by atoms with Crippen LogP contribution >= 0.6 is 0 Å². The van der Waals surface area contributed by atoms with Gasteiger partial charge in [0.05, 0.1) is 22.3 Å². The van der Waals surface area contributed by atoms with Crippen molar-refractivity contribution in [2.75, 3.05) is 0 Å². The van der Waals surface area contributed by atoms with Crippen LogP contribution in [0.25, 0.3) is 22.4 Å². The molecule has 0 amide bonds. The third kappa shape index (κ3) is 2.16. The number of halogens is 1. The highest BCUT2D eigenvalue weighted by Gasteiger charge is 2.18. The van der Waals surface area contributed by atoms with E-state index < -0.39 is 11.8 Å². The Kier molecular flexibility index (Phi) is 2.97. The monoisotopic (exact) mass is 288 g/mol. The maximum Gasteiger partial charge on any atom is 0.338 e. The van der Waals surface area contributed by atoms with Crippen molar-refractivity contribution in [2.45, 2.75) is 13.3 Å². The molecule has 0 saturated heterocycles. The zero-order chi connectivity index (χ0) is 15.1. The minimum atomic E-state index is -1.21. The molecule has 0 aliphatic rings. The first-order chi connectivity index (χ1) is 9.99. The number of nitrogens with one attached hydrogen (secondary N) is 1. The first kappa shape index (κ1) is 13.3. The fraction of sp³-hybridized carbons (Fsp3) is 0.214. The molecule has 0 unspecified atom stereocenters. The Morgan fingerprint density at radius 1 is 1.48 bits per heavy atom. The zero-order valence-corrected chi connectivity index (χ0v) is 11.5. The van der Waals surface area contributed by atoms with Crippen LogP contribution in [0.5, 0.6) is 0 Å². The van der Waals surface area contributed by atoms with E-state index in [1.54, 1.807) is 17.9 Å². The summed E-state index contributed by atoms with van der Waals surface area (Å²) >= 11 is 0. The van der Waals surface area contributed by atoms with Gasteiger partial charge in [0.1, 0.15) is 17.2 Å². The van der Waals surface area contributed by atoms with E-state index in [1.165, 1.54) is 6.07 Å². The summed E-state index contributed by atoms with van der Waals surface area (Å²) in [6.45, 7) is 1.97. The third-order valence-corrected chi connectivity index (χ3v) is 3.28. The molecule has 0 saturated carbocycles. The third-order valence-electron chi connectivity index (χ3n) is 3.28. The van der Waals surface area contributed by atoms with Gasteiger partial charge in [0.2, 0.25) is 0 Å². The van der Waals surface area contributed by atoms with E-state index in [9.17, 15) is 9.18 Å². The van der Waals surface area contributed by atoms with Gasteiger partial charge in [0, 0.05) is 13.2 Å². The molecule has 2 aromatic heterocycles. The Morgan fingerprint density at radius 2 is 2.24 bits per heavy atom. The van der Waals surface area contributed by atoms with E-state index in [0.717, 1.165) is 17.3 Å². The molecule has 3 rings (SSSR count). The van der Waals surface area contributed by atoms with Crippen LogP contribution in [-0.2, 0) is 13.5 Å². The maximum absolute atomic E-state index is 13.5. The number of carbonyl (C=O) groups is 1. The Hall–Kier alpha value is -2.70. The molecule has 6 nitrogen and oxygen atoms in total. The SMILES string of the molecule is CCc1nn(C)cc1-c1nc2c(C(=O)O)cc(F)cc2[nH]1. The van der Waals surface area contributed by atoms with Crippen LogP contribution in [0.4, 0.5) is 4.39 Å². The van der Waals surface area contributed by atoms with Gasteiger partial charge in [-0.1, -0.05) is 6.92 Å². The second-order valence-electron chi connectivity index (χ2n) is 4.76. The standard InChI is InChI=1S/C14H13FN4O2/c1-3-10-9(6-19(2)18-10)13-16-11-5-7(15)4-8(14(20)21)12(11)17-13/h4-6H,3H2,1-2H3,(H,16,17)(H,20,21). The number of rotatable bonds is 3. The summed E-state index contributed by atoms with van der Waals surface area (Å²) in [5.41, 5.74) is 2.06. The van der Waals surface area contributed by atoms with Crippen LogP contribution in [-0.4, -0.2) is 30.8 Å². The van der Waals surface area contributed by atoms with Gasteiger partial charge in [-0.15, -0.1) is 0 Å². The summed E-state index contributed by atoms with van der Waals surface area (Å²) in [6.07, 6.45) is 2.51. The van der Waals surface area contributed by atoms with E-state index >= 15 is 0 Å². The van der Waals surface area contributed by atoms with Gasteiger partial charge in [-0.3, -0.25) is 4.68 Å².